The average molecular weight is 701 g/mol. The van der Waals surface area contributed by atoms with Crippen molar-refractivity contribution in [1.29, 1.82) is 0 Å². The zero-order chi connectivity index (χ0) is 36.7. The molecular weight excluding hydrogens is 671 g/mol. The summed E-state index contributed by atoms with van der Waals surface area (Å²) in [6.07, 6.45) is 15.8. The Labute approximate surface area is 303 Å². The monoisotopic (exact) mass is 700 g/mol. The number of hydrogen-bond acceptors (Lipinski definition) is 10. The van der Waals surface area contributed by atoms with E-state index in [0.29, 0.717) is 28.2 Å². The molecule has 4 N–H and O–H groups in total. The molecule has 4 heterocycles. The Bertz CT molecular complexity index is 2500. The Balaban J connectivity index is 0.000000164. The molecule has 0 aliphatic carbocycles. The van der Waals surface area contributed by atoms with Crippen LogP contribution in [0.15, 0.2) is 141 Å². The Hall–Kier alpha value is -7.34. The molecule has 0 aliphatic rings. The molecule has 0 unspecified atom stereocenters. The van der Waals surface area contributed by atoms with Crippen LogP contribution >= 0.6 is 0 Å². The van der Waals surface area contributed by atoms with E-state index in [2.05, 4.69) is 39.9 Å². The van der Waals surface area contributed by atoms with Gasteiger partial charge in [-0.2, -0.15) is 0 Å². The summed E-state index contributed by atoms with van der Waals surface area (Å²) in [6.45, 7) is 2.00. The Morgan fingerprint density at radius 3 is 1.58 bits per heavy atom. The second kappa shape index (κ2) is 15.3. The van der Waals surface area contributed by atoms with E-state index in [0.717, 1.165) is 50.3 Å². The van der Waals surface area contributed by atoms with Crippen LogP contribution in [0.25, 0.3) is 67.2 Å². The highest BCUT2D eigenvalue weighted by Gasteiger charge is 2.14. The first-order valence-corrected chi connectivity index (χ1v) is 16.3. The van der Waals surface area contributed by atoms with Gasteiger partial charge in [-0.05, 0) is 47.4 Å². The van der Waals surface area contributed by atoms with Gasteiger partial charge in [0, 0.05) is 65.0 Å². The van der Waals surface area contributed by atoms with Gasteiger partial charge in [-0.1, -0.05) is 66.2 Å². The van der Waals surface area contributed by atoms with E-state index in [9.17, 15) is 8.78 Å². The summed E-state index contributed by atoms with van der Waals surface area (Å²) in [5.74, 6) is -0.282. The molecule has 0 fully saturated rings. The fourth-order valence-corrected chi connectivity index (χ4v) is 5.72. The molecule has 4 aromatic carbocycles. The van der Waals surface area contributed by atoms with Gasteiger partial charge in [-0.15, -0.1) is 0 Å². The molecule has 0 saturated heterocycles. The fourth-order valence-electron chi connectivity index (χ4n) is 5.72. The fraction of sp³-hybridized carbons (Fsp3) is 0.0244. The standard InChI is InChI=1S/C21H16FN5.C20H14FN5/c1-13-2-4-17(20-12-24-6-7-25-20)18(8-13)14-3-5-16(19(22)9-14)15-10-26-21(23)27-11-15;21-17-9-13(5-6-16(17)19-11-26-20(22)12-25-19)14-3-1-2-4-15(14)18-10-23-7-8-24-18/h2-12H,1H3,(H2,23,26,27);1-12H,(H2,22,26). The SMILES string of the molecule is Cc1ccc(-c2cnccn2)c(-c2ccc(-c3cnc(N)nc3)c(F)c2)c1.Nc1cnc(-c2ccc(-c3ccccc3-c3cnccn3)cc2F)cn1. The maximum Gasteiger partial charge on any atom is 0.219 e. The van der Waals surface area contributed by atoms with Gasteiger partial charge in [0.1, 0.15) is 17.5 Å². The van der Waals surface area contributed by atoms with Crippen molar-refractivity contribution >= 4 is 11.8 Å². The number of aryl methyl sites for hydroxylation is 1. The van der Waals surface area contributed by atoms with E-state index in [4.69, 9.17) is 11.5 Å². The highest BCUT2D eigenvalue weighted by Crippen LogP contribution is 2.35. The summed E-state index contributed by atoms with van der Waals surface area (Å²) < 4.78 is 29.6. The van der Waals surface area contributed by atoms with Gasteiger partial charge >= 0.3 is 0 Å². The van der Waals surface area contributed by atoms with Crippen LogP contribution in [0.4, 0.5) is 20.5 Å². The molecule has 8 aromatic rings. The number of anilines is 2. The van der Waals surface area contributed by atoms with Crippen molar-refractivity contribution in [3.05, 3.63) is 158 Å². The molecule has 12 heteroatoms. The molecule has 0 saturated carbocycles. The largest absolute Gasteiger partial charge is 0.382 e. The minimum absolute atomic E-state index is 0.157. The molecule has 10 nitrogen and oxygen atoms in total. The Morgan fingerprint density at radius 2 is 1.00 bits per heavy atom. The number of nitrogens with zero attached hydrogens (tertiary/aromatic N) is 8. The Morgan fingerprint density at radius 1 is 0.434 bits per heavy atom. The quantitative estimate of drug-likeness (QED) is 0.173. The minimum Gasteiger partial charge on any atom is -0.382 e. The second-order valence-electron chi connectivity index (χ2n) is 11.8. The topological polar surface area (TPSA) is 155 Å². The molecule has 8 rings (SSSR count). The second-order valence-corrected chi connectivity index (χ2v) is 11.8. The van der Waals surface area contributed by atoms with Crippen LogP contribution in [0.1, 0.15) is 5.56 Å². The molecule has 258 valence electrons. The van der Waals surface area contributed by atoms with Crippen LogP contribution in [0.2, 0.25) is 0 Å². The number of hydrogen-bond donors (Lipinski definition) is 2. The van der Waals surface area contributed by atoms with Crippen molar-refractivity contribution in [3.63, 3.8) is 0 Å². The maximum atomic E-state index is 14.8. The lowest BCUT2D eigenvalue weighted by molar-refractivity contribution is 0.631. The first kappa shape index (κ1) is 34.1. The van der Waals surface area contributed by atoms with E-state index in [1.165, 1.54) is 36.9 Å². The molecule has 0 spiro atoms. The smallest absolute Gasteiger partial charge is 0.219 e. The lowest BCUT2D eigenvalue weighted by Gasteiger charge is -2.12. The number of nitrogens with two attached hydrogens (primary N) is 2. The third-order valence-corrected chi connectivity index (χ3v) is 8.27. The zero-order valence-corrected chi connectivity index (χ0v) is 28.3. The zero-order valence-electron chi connectivity index (χ0n) is 28.3. The van der Waals surface area contributed by atoms with Crippen LogP contribution in [0.5, 0.6) is 0 Å². The van der Waals surface area contributed by atoms with E-state index < -0.39 is 0 Å². The van der Waals surface area contributed by atoms with Gasteiger partial charge in [0.25, 0.3) is 0 Å². The normalized spacial score (nSPS) is 10.7. The number of benzene rings is 4. The molecule has 0 atom stereocenters. The van der Waals surface area contributed by atoms with Crippen molar-refractivity contribution in [2.75, 3.05) is 11.5 Å². The lowest BCUT2D eigenvalue weighted by atomic mass is 9.94. The first-order chi connectivity index (χ1) is 25.8. The summed E-state index contributed by atoms with van der Waals surface area (Å²) in [7, 11) is 0. The molecule has 53 heavy (non-hydrogen) atoms. The van der Waals surface area contributed by atoms with Crippen LogP contribution in [-0.2, 0) is 0 Å². The van der Waals surface area contributed by atoms with E-state index in [-0.39, 0.29) is 17.6 Å². The molecule has 0 radical (unpaired) electrons. The van der Waals surface area contributed by atoms with Crippen molar-refractivity contribution in [1.82, 2.24) is 39.9 Å². The van der Waals surface area contributed by atoms with Gasteiger partial charge in [0.05, 0.1) is 41.9 Å². The predicted molar refractivity (Wildman–Crippen MR) is 201 cm³/mol. The summed E-state index contributed by atoms with van der Waals surface area (Å²) >= 11 is 0. The van der Waals surface area contributed by atoms with Crippen LogP contribution < -0.4 is 11.5 Å². The van der Waals surface area contributed by atoms with E-state index in [1.807, 2.05) is 61.5 Å². The first-order valence-electron chi connectivity index (χ1n) is 16.3. The highest BCUT2D eigenvalue weighted by molar-refractivity contribution is 5.84. The lowest BCUT2D eigenvalue weighted by Crippen LogP contribution is -1.95. The third-order valence-electron chi connectivity index (χ3n) is 8.27. The Kier molecular flexibility index (Phi) is 9.83. The maximum absolute atomic E-state index is 14.8. The van der Waals surface area contributed by atoms with Gasteiger partial charge in [-0.3, -0.25) is 24.9 Å². The molecule has 0 bridgehead atoms. The molecule has 0 aliphatic heterocycles. The number of halogens is 2. The number of aromatic nitrogens is 8. The van der Waals surface area contributed by atoms with Crippen LogP contribution in [0, 0.1) is 18.6 Å². The summed E-state index contributed by atoms with van der Waals surface area (Å²) in [6, 6.07) is 23.9. The summed E-state index contributed by atoms with van der Waals surface area (Å²) in [5.41, 5.74) is 20.5. The van der Waals surface area contributed by atoms with Crippen LogP contribution in [0.3, 0.4) is 0 Å². The highest BCUT2D eigenvalue weighted by atomic mass is 19.1. The van der Waals surface area contributed by atoms with E-state index in [1.54, 1.807) is 49.3 Å². The summed E-state index contributed by atoms with van der Waals surface area (Å²) in [5, 5.41) is 0. The molecule has 4 aromatic heterocycles. The third kappa shape index (κ3) is 7.71. The number of nitrogen functional groups attached to an aromatic ring is 2. The van der Waals surface area contributed by atoms with Crippen molar-refractivity contribution in [2.45, 2.75) is 6.92 Å². The van der Waals surface area contributed by atoms with Gasteiger partial charge in [0.2, 0.25) is 5.95 Å². The van der Waals surface area contributed by atoms with Crippen LogP contribution in [-0.4, -0.2) is 39.9 Å². The average Bonchev–Trinajstić information content (AvgIpc) is 3.19. The van der Waals surface area contributed by atoms with Gasteiger partial charge < -0.3 is 11.5 Å². The van der Waals surface area contributed by atoms with Crippen molar-refractivity contribution in [2.24, 2.45) is 0 Å². The molecular formula is C41H30F2N10. The predicted octanol–water partition coefficient (Wildman–Crippen LogP) is 8.29. The van der Waals surface area contributed by atoms with Gasteiger partial charge in [0.15, 0.2) is 0 Å². The number of rotatable bonds is 6. The summed E-state index contributed by atoms with van der Waals surface area (Å²) in [4.78, 5) is 32.9. The van der Waals surface area contributed by atoms with E-state index >= 15 is 0 Å². The molecule has 0 amide bonds. The van der Waals surface area contributed by atoms with Crippen molar-refractivity contribution < 1.29 is 8.78 Å². The van der Waals surface area contributed by atoms with Gasteiger partial charge in [-0.25, -0.2) is 23.7 Å². The minimum atomic E-state index is -0.379. The van der Waals surface area contributed by atoms with Crippen molar-refractivity contribution in [3.8, 4) is 67.2 Å².